The van der Waals surface area contributed by atoms with E-state index in [4.69, 9.17) is 5.11 Å². The van der Waals surface area contributed by atoms with Gasteiger partial charge in [-0.25, -0.2) is 9.59 Å². The van der Waals surface area contributed by atoms with Crippen LogP contribution in [0.3, 0.4) is 0 Å². The topological polar surface area (TPSA) is 84.7 Å². The van der Waals surface area contributed by atoms with Crippen molar-refractivity contribution in [2.45, 2.75) is 13.0 Å². The van der Waals surface area contributed by atoms with E-state index in [0.29, 0.717) is 18.5 Å². The van der Waals surface area contributed by atoms with Gasteiger partial charge in [-0.1, -0.05) is 0 Å². The van der Waals surface area contributed by atoms with Crippen molar-refractivity contribution < 1.29 is 19.4 Å². The van der Waals surface area contributed by atoms with Crippen LogP contribution in [-0.4, -0.2) is 45.5 Å². The Hall–Kier alpha value is -2.05. The van der Waals surface area contributed by atoms with Gasteiger partial charge in [-0.15, -0.1) is 0 Å². The summed E-state index contributed by atoms with van der Waals surface area (Å²) in [7, 11) is 3.01. The zero-order chi connectivity index (χ0) is 12.6. The number of carbonyl (C=O) groups excluding carboxylic acids is 1. The molecule has 0 aromatic carbocycles. The zero-order valence-electron chi connectivity index (χ0n) is 9.63. The lowest BCUT2D eigenvalue weighted by atomic mass is 10.1. The highest BCUT2D eigenvalue weighted by Crippen LogP contribution is 2.22. The fourth-order valence-corrected chi connectivity index (χ4v) is 2.05. The molecule has 1 aromatic heterocycles. The average Bonchev–Trinajstić information content (AvgIpc) is 2.65. The highest BCUT2D eigenvalue weighted by molar-refractivity contribution is 5.87. The Morgan fingerprint density at radius 3 is 2.76 bits per heavy atom. The number of aromatic carboxylic acids is 1. The number of carboxylic acid groups (broad SMARTS) is 1. The Morgan fingerprint density at radius 1 is 1.47 bits per heavy atom. The lowest BCUT2D eigenvalue weighted by molar-refractivity contribution is 0.0685. The number of ether oxygens (including phenoxy) is 1. The van der Waals surface area contributed by atoms with E-state index in [9.17, 15) is 9.59 Å². The Bertz CT molecular complexity index is 480. The molecule has 1 N–H and O–H groups in total. The number of nitrogens with zero attached hydrogens (tertiary/aromatic N) is 3. The third kappa shape index (κ3) is 1.83. The van der Waals surface area contributed by atoms with Crippen molar-refractivity contribution in [3.8, 4) is 0 Å². The predicted octanol–water partition coefficient (Wildman–Crippen LogP) is 0.243. The number of aryl methyl sites for hydroxylation is 1. The normalized spacial score (nSPS) is 14.4. The third-order valence-electron chi connectivity index (χ3n) is 2.88. The summed E-state index contributed by atoms with van der Waals surface area (Å²) in [4.78, 5) is 23.9. The number of methoxy groups -OCH3 is 1. The SMILES string of the molecule is COC(=O)N1CCc2c(c(C(=O)O)nn2C)C1. The van der Waals surface area contributed by atoms with Crippen molar-refractivity contribution in [3.63, 3.8) is 0 Å². The minimum Gasteiger partial charge on any atom is -0.476 e. The molecule has 0 bridgehead atoms. The Labute approximate surface area is 97.6 Å². The number of amides is 1. The second kappa shape index (κ2) is 4.08. The van der Waals surface area contributed by atoms with E-state index in [0.717, 1.165) is 5.69 Å². The highest BCUT2D eigenvalue weighted by Gasteiger charge is 2.29. The van der Waals surface area contributed by atoms with Gasteiger partial charge in [0.25, 0.3) is 0 Å². The average molecular weight is 239 g/mol. The molecule has 0 aliphatic carbocycles. The summed E-state index contributed by atoms with van der Waals surface area (Å²) >= 11 is 0. The number of hydrogen-bond donors (Lipinski definition) is 1. The number of aromatic nitrogens is 2. The molecule has 0 spiro atoms. The molecule has 0 fully saturated rings. The van der Waals surface area contributed by atoms with Gasteiger partial charge in [0.15, 0.2) is 5.69 Å². The molecule has 0 atom stereocenters. The van der Waals surface area contributed by atoms with Crippen molar-refractivity contribution >= 4 is 12.1 Å². The van der Waals surface area contributed by atoms with Crippen molar-refractivity contribution in [2.24, 2.45) is 7.05 Å². The molecule has 1 aliphatic heterocycles. The summed E-state index contributed by atoms with van der Waals surface area (Å²) in [6, 6.07) is 0. The minimum absolute atomic E-state index is 0.0103. The van der Waals surface area contributed by atoms with Gasteiger partial charge in [0.2, 0.25) is 0 Å². The van der Waals surface area contributed by atoms with E-state index >= 15 is 0 Å². The summed E-state index contributed by atoms with van der Waals surface area (Å²) in [5.41, 5.74) is 1.47. The van der Waals surface area contributed by atoms with Crippen molar-refractivity contribution in [1.82, 2.24) is 14.7 Å². The molecule has 17 heavy (non-hydrogen) atoms. The molecule has 1 aliphatic rings. The number of hydrogen-bond acceptors (Lipinski definition) is 4. The van der Waals surface area contributed by atoms with Crippen LogP contribution in [-0.2, 0) is 24.8 Å². The fourth-order valence-electron chi connectivity index (χ4n) is 2.05. The number of rotatable bonds is 1. The molecule has 7 heteroatoms. The molecule has 0 saturated carbocycles. The van der Waals surface area contributed by atoms with Gasteiger partial charge in [-0.05, 0) is 0 Å². The number of fused-ring (bicyclic) bond motifs is 1. The molecule has 7 nitrogen and oxygen atoms in total. The third-order valence-corrected chi connectivity index (χ3v) is 2.88. The molecule has 1 amide bonds. The molecular weight excluding hydrogens is 226 g/mol. The van der Waals surface area contributed by atoms with E-state index < -0.39 is 12.1 Å². The maximum Gasteiger partial charge on any atom is 0.409 e. The van der Waals surface area contributed by atoms with E-state index in [1.807, 2.05) is 0 Å². The summed E-state index contributed by atoms with van der Waals surface area (Å²) in [5, 5.41) is 13.0. The van der Waals surface area contributed by atoms with Crippen LogP contribution >= 0.6 is 0 Å². The zero-order valence-corrected chi connectivity index (χ0v) is 9.63. The largest absolute Gasteiger partial charge is 0.476 e. The van der Waals surface area contributed by atoms with Crippen LogP contribution in [0.25, 0.3) is 0 Å². The van der Waals surface area contributed by atoms with Crippen molar-refractivity contribution in [3.05, 3.63) is 17.0 Å². The fraction of sp³-hybridized carbons (Fsp3) is 0.500. The van der Waals surface area contributed by atoms with Gasteiger partial charge in [0.1, 0.15) is 0 Å². The lowest BCUT2D eigenvalue weighted by Gasteiger charge is -2.25. The smallest absolute Gasteiger partial charge is 0.409 e. The van der Waals surface area contributed by atoms with Crippen LogP contribution in [0.1, 0.15) is 21.7 Å². The van der Waals surface area contributed by atoms with Gasteiger partial charge >= 0.3 is 12.1 Å². The molecule has 2 heterocycles. The van der Waals surface area contributed by atoms with Crippen LogP contribution in [0, 0.1) is 0 Å². The second-order valence-corrected chi connectivity index (χ2v) is 3.84. The van der Waals surface area contributed by atoms with Crippen LogP contribution < -0.4 is 0 Å². The molecule has 92 valence electrons. The van der Waals surface area contributed by atoms with Crippen molar-refractivity contribution in [2.75, 3.05) is 13.7 Å². The van der Waals surface area contributed by atoms with Gasteiger partial charge < -0.3 is 14.7 Å². The Morgan fingerprint density at radius 2 is 2.18 bits per heavy atom. The summed E-state index contributed by atoms with van der Waals surface area (Å²) in [5.74, 6) is -1.08. The van der Waals surface area contributed by atoms with Gasteiger partial charge in [0, 0.05) is 31.3 Å². The molecule has 1 aromatic rings. The van der Waals surface area contributed by atoms with E-state index in [-0.39, 0.29) is 12.2 Å². The Kier molecular flexibility index (Phi) is 2.74. The first kappa shape index (κ1) is 11.4. The molecule has 0 unspecified atom stereocenters. The quantitative estimate of drug-likeness (QED) is 0.759. The number of carboxylic acids is 1. The first-order valence-electron chi connectivity index (χ1n) is 5.15. The van der Waals surface area contributed by atoms with Gasteiger partial charge in [-0.3, -0.25) is 4.68 Å². The van der Waals surface area contributed by atoms with E-state index in [1.54, 1.807) is 11.7 Å². The summed E-state index contributed by atoms with van der Waals surface area (Å²) in [6.07, 6.45) is 0.136. The van der Waals surface area contributed by atoms with E-state index in [1.165, 1.54) is 12.0 Å². The molecule has 2 rings (SSSR count). The maximum atomic E-state index is 11.4. The first-order chi connectivity index (χ1) is 8.04. The van der Waals surface area contributed by atoms with Gasteiger partial charge in [0.05, 0.1) is 13.7 Å². The first-order valence-corrected chi connectivity index (χ1v) is 5.15. The lowest BCUT2D eigenvalue weighted by Crippen LogP contribution is -2.36. The molecule has 0 radical (unpaired) electrons. The molecular formula is C10H13N3O4. The molecule has 0 saturated heterocycles. The van der Waals surface area contributed by atoms with Crippen molar-refractivity contribution in [1.29, 1.82) is 0 Å². The Balaban J connectivity index is 2.36. The summed E-state index contributed by atoms with van der Waals surface area (Å²) < 4.78 is 6.19. The number of carbonyl (C=O) groups is 2. The van der Waals surface area contributed by atoms with E-state index in [2.05, 4.69) is 9.84 Å². The predicted molar refractivity (Wildman–Crippen MR) is 56.7 cm³/mol. The van der Waals surface area contributed by atoms with Crippen LogP contribution in [0.5, 0.6) is 0 Å². The second-order valence-electron chi connectivity index (χ2n) is 3.84. The van der Waals surface area contributed by atoms with Gasteiger partial charge in [-0.2, -0.15) is 5.10 Å². The summed E-state index contributed by atoms with van der Waals surface area (Å²) in [6.45, 7) is 0.746. The van der Waals surface area contributed by atoms with Crippen LogP contribution in [0.2, 0.25) is 0 Å². The monoisotopic (exact) mass is 239 g/mol. The van der Waals surface area contributed by atoms with Crippen LogP contribution in [0.4, 0.5) is 4.79 Å². The highest BCUT2D eigenvalue weighted by atomic mass is 16.5. The minimum atomic E-state index is -1.08. The standard InChI is InChI=1S/C10H13N3O4/c1-12-7-3-4-13(10(16)17-2)5-6(7)8(11-12)9(14)15/h3-5H2,1-2H3,(H,14,15). The van der Waals surface area contributed by atoms with Crippen LogP contribution in [0.15, 0.2) is 0 Å². The maximum absolute atomic E-state index is 11.4.